The van der Waals surface area contributed by atoms with Crippen LogP contribution in [0.1, 0.15) is 10.4 Å². The Morgan fingerprint density at radius 2 is 2.00 bits per heavy atom. The zero-order valence-corrected chi connectivity index (χ0v) is 16.5. The number of ether oxygens (including phenoxy) is 1. The maximum atomic E-state index is 12.6. The van der Waals surface area contributed by atoms with E-state index in [1.54, 1.807) is 65.6 Å². The molecule has 0 aliphatic heterocycles. The number of nitrogens with zero attached hydrogens (tertiary/aromatic N) is 2. The smallest absolute Gasteiger partial charge is 0.335 e. The summed E-state index contributed by atoms with van der Waals surface area (Å²) < 4.78 is 7.51. The van der Waals surface area contributed by atoms with Crippen molar-refractivity contribution in [2.75, 3.05) is 6.61 Å². The van der Waals surface area contributed by atoms with Gasteiger partial charge in [-0.25, -0.2) is 4.79 Å². The molecule has 0 saturated heterocycles. The molecule has 0 fully saturated rings. The van der Waals surface area contributed by atoms with Crippen molar-refractivity contribution < 1.29 is 14.6 Å². The first kappa shape index (κ1) is 19.7. The summed E-state index contributed by atoms with van der Waals surface area (Å²) in [4.78, 5) is 27.9. The van der Waals surface area contributed by atoms with Crippen molar-refractivity contribution >= 4 is 28.3 Å². The highest BCUT2D eigenvalue weighted by Crippen LogP contribution is 2.33. The summed E-state index contributed by atoms with van der Waals surface area (Å²) in [5.74, 6) is -0.455. The standard InChI is InChI=1S/C23H17ClN2O4/c24-18-4-5-21(19(13-18)16-2-1-3-17(12-16)23(28)29)30-11-10-26-9-7-15-6-8-25-14-20(15)22(26)27/h1-9,12-14H,10-11H2,(H,28,29). The SMILES string of the molecule is O=C(O)c1cccc(-c2cc(Cl)ccc2OCCn2ccc3ccncc3c2=O)c1. The lowest BCUT2D eigenvalue weighted by Gasteiger charge is -2.14. The van der Waals surface area contributed by atoms with E-state index < -0.39 is 5.97 Å². The van der Waals surface area contributed by atoms with Crippen LogP contribution in [-0.4, -0.2) is 27.2 Å². The number of carboxylic acids is 1. The lowest BCUT2D eigenvalue weighted by Crippen LogP contribution is -2.22. The van der Waals surface area contributed by atoms with E-state index in [0.717, 1.165) is 5.39 Å². The van der Waals surface area contributed by atoms with Gasteiger partial charge in [-0.3, -0.25) is 9.78 Å². The minimum Gasteiger partial charge on any atom is -0.491 e. The molecule has 6 nitrogen and oxygen atoms in total. The molecule has 0 aliphatic carbocycles. The van der Waals surface area contributed by atoms with Crippen LogP contribution < -0.4 is 10.3 Å². The molecule has 0 atom stereocenters. The fourth-order valence-electron chi connectivity index (χ4n) is 3.23. The van der Waals surface area contributed by atoms with Gasteiger partial charge in [0.2, 0.25) is 0 Å². The zero-order valence-electron chi connectivity index (χ0n) is 15.8. The van der Waals surface area contributed by atoms with Gasteiger partial charge in [0.15, 0.2) is 0 Å². The molecule has 4 aromatic rings. The van der Waals surface area contributed by atoms with Gasteiger partial charge in [-0.05, 0) is 53.4 Å². The van der Waals surface area contributed by atoms with Crippen LogP contribution >= 0.6 is 11.6 Å². The van der Waals surface area contributed by atoms with Crippen LogP contribution in [0.2, 0.25) is 5.02 Å². The molecule has 2 heterocycles. The highest BCUT2D eigenvalue weighted by Gasteiger charge is 2.11. The third-order valence-electron chi connectivity index (χ3n) is 4.73. The normalized spacial score (nSPS) is 10.8. The van der Waals surface area contributed by atoms with Crippen LogP contribution in [-0.2, 0) is 6.54 Å². The van der Waals surface area contributed by atoms with Gasteiger partial charge in [0.05, 0.1) is 17.5 Å². The molecule has 7 heteroatoms. The van der Waals surface area contributed by atoms with Gasteiger partial charge in [-0.1, -0.05) is 23.7 Å². The van der Waals surface area contributed by atoms with Gasteiger partial charge in [-0.15, -0.1) is 0 Å². The number of halogens is 1. The predicted octanol–water partition coefficient (Wildman–Crippen LogP) is 4.49. The molecule has 0 unspecified atom stereocenters. The molecule has 1 N–H and O–H groups in total. The number of rotatable bonds is 6. The van der Waals surface area contributed by atoms with E-state index in [4.69, 9.17) is 16.3 Å². The molecule has 2 aromatic carbocycles. The van der Waals surface area contributed by atoms with Crippen molar-refractivity contribution in [1.29, 1.82) is 0 Å². The maximum absolute atomic E-state index is 12.6. The third-order valence-corrected chi connectivity index (χ3v) is 4.97. The van der Waals surface area contributed by atoms with Gasteiger partial charge in [0.1, 0.15) is 12.4 Å². The maximum Gasteiger partial charge on any atom is 0.335 e. The summed E-state index contributed by atoms with van der Waals surface area (Å²) in [5, 5.41) is 11.2. The quantitative estimate of drug-likeness (QED) is 0.497. The van der Waals surface area contributed by atoms with Crippen LogP contribution in [0.5, 0.6) is 5.75 Å². The Morgan fingerprint density at radius 1 is 1.13 bits per heavy atom. The second-order valence-electron chi connectivity index (χ2n) is 6.65. The molecule has 2 aromatic heterocycles. The molecule has 0 amide bonds. The predicted molar refractivity (Wildman–Crippen MR) is 115 cm³/mol. The summed E-state index contributed by atoms with van der Waals surface area (Å²) in [5.41, 5.74) is 1.41. The summed E-state index contributed by atoms with van der Waals surface area (Å²) in [6.07, 6.45) is 4.94. The topological polar surface area (TPSA) is 81.4 Å². The van der Waals surface area contributed by atoms with Crippen molar-refractivity contribution in [3.8, 4) is 16.9 Å². The summed E-state index contributed by atoms with van der Waals surface area (Å²) in [7, 11) is 0. The molecule has 30 heavy (non-hydrogen) atoms. The van der Waals surface area contributed by atoms with E-state index in [2.05, 4.69) is 4.98 Å². The van der Waals surface area contributed by atoms with E-state index in [-0.39, 0.29) is 17.7 Å². The Hall–Kier alpha value is -3.64. The van der Waals surface area contributed by atoms with E-state index in [1.807, 2.05) is 6.07 Å². The molecule has 150 valence electrons. The van der Waals surface area contributed by atoms with Crippen molar-refractivity contribution in [3.05, 3.63) is 94.1 Å². The van der Waals surface area contributed by atoms with Crippen molar-refractivity contribution in [2.24, 2.45) is 0 Å². The highest BCUT2D eigenvalue weighted by molar-refractivity contribution is 6.31. The Bertz CT molecular complexity index is 1300. The van der Waals surface area contributed by atoms with Gasteiger partial charge in [0.25, 0.3) is 5.56 Å². The van der Waals surface area contributed by atoms with Crippen LogP contribution in [0.3, 0.4) is 0 Å². The number of aromatic carboxylic acids is 1. The number of pyridine rings is 2. The fourth-order valence-corrected chi connectivity index (χ4v) is 3.40. The summed E-state index contributed by atoms with van der Waals surface area (Å²) in [6.45, 7) is 0.597. The number of aromatic nitrogens is 2. The van der Waals surface area contributed by atoms with E-state index in [0.29, 0.717) is 33.8 Å². The number of hydrogen-bond donors (Lipinski definition) is 1. The summed E-state index contributed by atoms with van der Waals surface area (Å²) in [6, 6.07) is 15.4. The van der Waals surface area contributed by atoms with Gasteiger partial charge in [-0.2, -0.15) is 0 Å². The highest BCUT2D eigenvalue weighted by atomic mass is 35.5. The van der Waals surface area contributed by atoms with Crippen LogP contribution in [0, 0.1) is 0 Å². The van der Waals surface area contributed by atoms with Crippen LogP contribution in [0.4, 0.5) is 0 Å². The van der Waals surface area contributed by atoms with Crippen molar-refractivity contribution in [1.82, 2.24) is 9.55 Å². The van der Waals surface area contributed by atoms with E-state index in [1.165, 1.54) is 6.07 Å². The second-order valence-corrected chi connectivity index (χ2v) is 7.09. The van der Waals surface area contributed by atoms with E-state index >= 15 is 0 Å². The lowest BCUT2D eigenvalue weighted by atomic mass is 10.0. The molecule has 0 radical (unpaired) electrons. The van der Waals surface area contributed by atoms with Gasteiger partial charge < -0.3 is 14.4 Å². The summed E-state index contributed by atoms with van der Waals surface area (Å²) >= 11 is 6.15. The molecule has 0 bridgehead atoms. The van der Waals surface area contributed by atoms with Crippen molar-refractivity contribution in [2.45, 2.75) is 6.54 Å². The first-order chi connectivity index (χ1) is 14.5. The monoisotopic (exact) mass is 420 g/mol. The minimum atomic E-state index is -1.01. The van der Waals surface area contributed by atoms with Gasteiger partial charge in [0, 0.05) is 29.2 Å². The molecule has 0 aliphatic rings. The fraction of sp³-hybridized carbons (Fsp3) is 0.0870. The first-order valence-electron chi connectivity index (χ1n) is 9.22. The average molecular weight is 421 g/mol. The zero-order chi connectivity index (χ0) is 21.1. The minimum absolute atomic E-state index is 0.130. The van der Waals surface area contributed by atoms with Crippen molar-refractivity contribution in [3.63, 3.8) is 0 Å². The molecule has 0 saturated carbocycles. The van der Waals surface area contributed by atoms with Crippen LogP contribution in [0.25, 0.3) is 21.9 Å². The van der Waals surface area contributed by atoms with Gasteiger partial charge >= 0.3 is 5.97 Å². The third kappa shape index (κ3) is 4.04. The number of fused-ring (bicyclic) bond motifs is 1. The second kappa shape index (κ2) is 8.39. The largest absolute Gasteiger partial charge is 0.491 e. The van der Waals surface area contributed by atoms with Crippen LogP contribution in [0.15, 0.2) is 78.0 Å². The number of benzene rings is 2. The number of hydrogen-bond acceptors (Lipinski definition) is 4. The molecular formula is C23H17ClN2O4. The number of carboxylic acid groups (broad SMARTS) is 1. The Balaban J connectivity index is 1.58. The Kier molecular flexibility index (Phi) is 5.50. The molecular weight excluding hydrogens is 404 g/mol. The Labute approximate surface area is 177 Å². The van der Waals surface area contributed by atoms with E-state index in [9.17, 15) is 14.7 Å². The lowest BCUT2D eigenvalue weighted by molar-refractivity contribution is 0.0697. The number of carbonyl (C=O) groups is 1. The first-order valence-corrected chi connectivity index (χ1v) is 9.60. The Morgan fingerprint density at radius 3 is 2.83 bits per heavy atom. The molecule has 0 spiro atoms. The average Bonchev–Trinajstić information content (AvgIpc) is 2.76. The molecule has 4 rings (SSSR count).